The molecule has 0 bridgehead atoms. The fraction of sp³-hybridized carbons (Fsp3) is 0.0400. The van der Waals surface area contributed by atoms with E-state index in [1.807, 2.05) is 0 Å². The Morgan fingerprint density at radius 3 is 1.07 bits per heavy atom. The quantitative estimate of drug-likeness (QED) is 0.242. The van der Waals surface area contributed by atoms with E-state index in [1.165, 1.54) is 21.1 Å². The topological polar surface area (TPSA) is 0 Å². The molecule has 0 heterocycles. The highest BCUT2D eigenvalue weighted by atomic mass is 79.9. The van der Waals surface area contributed by atoms with Crippen LogP contribution >= 0.6 is 15.9 Å². The van der Waals surface area contributed by atoms with Crippen molar-refractivity contribution in [1.82, 2.24) is 0 Å². The average molecular weight is 429 g/mol. The summed E-state index contributed by atoms with van der Waals surface area (Å²) in [6, 6.07) is 43.8. The second-order valence-electron chi connectivity index (χ2n) is 6.68. The van der Waals surface area contributed by atoms with Crippen molar-refractivity contribution in [2.75, 3.05) is 0 Å². The summed E-state index contributed by atoms with van der Waals surface area (Å²) in [5, 5.41) is 4.23. The molecule has 0 aliphatic rings. The lowest BCUT2D eigenvalue weighted by atomic mass is 10.2. The van der Waals surface area contributed by atoms with Gasteiger partial charge in [0.25, 0.3) is 0 Å². The van der Waals surface area contributed by atoms with E-state index in [9.17, 15) is 0 Å². The van der Waals surface area contributed by atoms with E-state index in [-0.39, 0.29) is 4.45 Å². The van der Waals surface area contributed by atoms with Gasteiger partial charge in [0.2, 0.25) is 0 Å². The van der Waals surface area contributed by atoms with Crippen molar-refractivity contribution in [2.45, 2.75) is 4.45 Å². The van der Waals surface area contributed by atoms with E-state index in [0.717, 1.165) is 0 Å². The summed E-state index contributed by atoms with van der Waals surface area (Å²) in [6.07, 6.45) is 0. The third-order valence-electron chi connectivity index (χ3n) is 5.16. The number of halogens is 1. The molecule has 0 N–H and O–H groups in total. The zero-order valence-corrected chi connectivity index (χ0v) is 17.6. The summed E-state index contributed by atoms with van der Waals surface area (Å²) >= 11 is 4.18. The number of rotatable bonds is 5. The zero-order chi connectivity index (χ0) is 18.5. The van der Waals surface area contributed by atoms with Crippen LogP contribution in [0.3, 0.4) is 0 Å². The van der Waals surface area contributed by atoms with Crippen LogP contribution in [0.15, 0.2) is 121 Å². The molecule has 132 valence electrons. The molecule has 4 rings (SSSR count). The highest BCUT2D eigenvalue weighted by Gasteiger charge is 2.45. The van der Waals surface area contributed by atoms with Crippen molar-refractivity contribution in [3.05, 3.63) is 127 Å². The minimum absolute atomic E-state index is 0.221. The molecular weight excluding hydrogens is 408 g/mol. The molecule has 0 saturated carbocycles. The average Bonchev–Trinajstić information content (AvgIpc) is 2.77. The second kappa shape index (κ2) is 8.08. The number of benzene rings is 4. The van der Waals surface area contributed by atoms with E-state index >= 15 is 0 Å². The predicted octanol–water partition coefficient (Wildman–Crippen LogP) is 4.83. The van der Waals surface area contributed by atoms with Gasteiger partial charge in [-0.1, -0.05) is 137 Å². The Balaban J connectivity index is 2.07. The van der Waals surface area contributed by atoms with Crippen molar-refractivity contribution in [3.63, 3.8) is 0 Å². The molecule has 0 fully saturated rings. The van der Waals surface area contributed by atoms with Gasteiger partial charge in [0.1, 0.15) is 0 Å². The molecule has 0 radical (unpaired) electrons. The van der Waals surface area contributed by atoms with Gasteiger partial charge < -0.3 is 0 Å². The lowest BCUT2D eigenvalue weighted by molar-refractivity contribution is 1.33. The largest absolute Gasteiger partial charge is 0.166 e. The number of hydrogen-bond donors (Lipinski definition) is 0. The molecule has 0 amide bonds. The first-order chi connectivity index (χ1) is 13.3. The fourth-order valence-electron chi connectivity index (χ4n) is 3.91. The summed E-state index contributed by atoms with van der Waals surface area (Å²) in [5.74, 6) is 0. The van der Waals surface area contributed by atoms with E-state index in [1.54, 1.807) is 0 Å². The Bertz CT molecular complexity index is 873. The van der Waals surface area contributed by atoms with Gasteiger partial charge in [-0.05, 0) is 21.1 Å². The maximum atomic E-state index is 4.18. The Labute approximate surface area is 170 Å². The van der Waals surface area contributed by atoms with E-state index in [2.05, 4.69) is 137 Å². The van der Waals surface area contributed by atoms with Crippen LogP contribution in [-0.2, 0) is 0 Å². The highest BCUT2D eigenvalue weighted by molar-refractivity contribution is 9.10. The molecule has 0 aliphatic heterocycles. The minimum atomic E-state index is -2.35. The lowest BCUT2D eigenvalue weighted by Gasteiger charge is -2.38. The minimum Gasteiger partial charge on any atom is -0.0862 e. The first kappa shape index (κ1) is 18.0. The maximum Gasteiger partial charge on any atom is 0.166 e. The third kappa shape index (κ3) is 3.31. The Morgan fingerprint density at radius 1 is 0.444 bits per heavy atom. The standard InChI is InChI=1S/C25H21BrSi/c26-25(21-13-5-1-6-14-21)27(22-15-7-2-8-16-22,23-17-9-3-10-18-23)24-19-11-4-12-20-24/h1-20,25H/t25-/m0/s1. The predicted molar refractivity (Wildman–Crippen MR) is 122 cm³/mol. The summed E-state index contributed by atoms with van der Waals surface area (Å²) in [6.45, 7) is 0. The van der Waals surface area contributed by atoms with Gasteiger partial charge >= 0.3 is 0 Å². The van der Waals surface area contributed by atoms with Crippen molar-refractivity contribution >= 4 is 39.6 Å². The lowest BCUT2D eigenvalue weighted by Crippen LogP contribution is -2.69. The van der Waals surface area contributed by atoms with Gasteiger partial charge in [0.15, 0.2) is 8.07 Å². The van der Waals surface area contributed by atoms with Crippen molar-refractivity contribution < 1.29 is 0 Å². The summed E-state index contributed by atoms with van der Waals surface area (Å²) in [4.78, 5) is 0. The van der Waals surface area contributed by atoms with E-state index < -0.39 is 8.07 Å². The number of alkyl halides is 1. The molecule has 0 saturated heterocycles. The fourth-order valence-corrected chi connectivity index (χ4v) is 11.3. The molecule has 0 aromatic heterocycles. The highest BCUT2D eigenvalue weighted by Crippen LogP contribution is 2.32. The Morgan fingerprint density at radius 2 is 0.741 bits per heavy atom. The zero-order valence-electron chi connectivity index (χ0n) is 15.0. The van der Waals surface area contributed by atoms with Crippen molar-refractivity contribution in [2.24, 2.45) is 0 Å². The Kier molecular flexibility index (Phi) is 5.37. The van der Waals surface area contributed by atoms with Crippen molar-refractivity contribution in [1.29, 1.82) is 0 Å². The van der Waals surface area contributed by atoms with Crippen LogP contribution in [0.5, 0.6) is 0 Å². The molecule has 0 aliphatic carbocycles. The first-order valence-electron chi connectivity index (χ1n) is 9.19. The molecule has 4 aromatic carbocycles. The van der Waals surface area contributed by atoms with Gasteiger partial charge in [0.05, 0.1) is 0 Å². The SMILES string of the molecule is Br[C@H](c1ccccc1)[Si](c1ccccc1)(c1ccccc1)c1ccccc1. The molecule has 2 heteroatoms. The molecule has 27 heavy (non-hydrogen) atoms. The summed E-state index contributed by atoms with van der Waals surface area (Å²) in [5.41, 5.74) is 1.32. The molecule has 4 aromatic rings. The van der Waals surface area contributed by atoms with E-state index in [0.29, 0.717) is 0 Å². The van der Waals surface area contributed by atoms with Gasteiger partial charge in [-0.2, -0.15) is 0 Å². The van der Waals surface area contributed by atoms with Crippen LogP contribution in [0.2, 0.25) is 0 Å². The first-order valence-corrected chi connectivity index (χ1v) is 12.2. The molecule has 0 spiro atoms. The van der Waals surface area contributed by atoms with Crippen LogP contribution in [0.1, 0.15) is 10.0 Å². The molecule has 0 unspecified atom stereocenters. The van der Waals surface area contributed by atoms with Gasteiger partial charge in [-0.3, -0.25) is 0 Å². The van der Waals surface area contributed by atoms with Crippen LogP contribution in [-0.4, -0.2) is 8.07 Å². The van der Waals surface area contributed by atoms with Gasteiger partial charge in [0, 0.05) is 4.45 Å². The Hall–Kier alpha value is -2.42. The van der Waals surface area contributed by atoms with Crippen LogP contribution in [0, 0.1) is 0 Å². The molecule has 0 nitrogen and oxygen atoms in total. The normalized spacial score (nSPS) is 12.5. The van der Waals surface area contributed by atoms with Crippen molar-refractivity contribution in [3.8, 4) is 0 Å². The van der Waals surface area contributed by atoms with Crippen LogP contribution in [0.25, 0.3) is 0 Å². The smallest absolute Gasteiger partial charge is 0.0862 e. The van der Waals surface area contributed by atoms with Crippen LogP contribution < -0.4 is 15.6 Å². The monoisotopic (exact) mass is 428 g/mol. The van der Waals surface area contributed by atoms with Gasteiger partial charge in [-0.25, -0.2) is 0 Å². The van der Waals surface area contributed by atoms with Gasteiger partial charge in [-0.15, -0.1) is 0 Å². The maximum absolute atomic E-state index is 4.18. The third-order valence-corrected chi connectivity index (χ3v) is 12.6. The number of hydrogen-bond acceptors (Lipinski definition) is 0. The molecular formula is C25H21BrSi. The summed E-state index contributed by atoms with van der Waals surface area (Å²) < 4.78 is 0.221. The summed E-state index contributed by atoms with van der Waals surface area (Å²) in [7, 11) is -2.35. The van der Waals surface area contributed by atoms with E-state index in [4.69, 9.17) is 0 Å². The molecule has 1 atom stereocenters. The second-order valence-corrected chi connectivity index (χ2v) is 12.4. The van der Waals surface area contributed by atoms with Crippen LogP contribution in [0.4, 0.5) is 0 Å².